The topological polar surface area (TPSA) is 149 Å². The molecule has 0 aromatic heterocycles. The minimum atomic E-state index is -1.08. The van der Waals surface area contributed by atoms with Gasteiger partial charge in [0.25, 0.3) is 0 Å². The van der Waals surface area contributed by atoms with Crippen molar-refractivity contribution in [2.75, 3.05) is 0 Å². The molecule has 2 aromatic rings. The van der Waals surface area contributed by atoms with E-state index in [1.807, 2.05) is 0 Å². The van der Waals surface area contributed by atoms with E-state index in [1.54, 1.807) is 60.7 Å². The SMILES string of the molecule is CC(CC(=O)O)C(=O)O.O=C(O)c1ccccc1.O=C(O)c1ccccc1. The quantitative estimate of drug-likeness (QED) is 0.622. The smallest absolute Gasteiger partial charge is 0.335 e. The fourth-order valence-electron chi connectivity index (χ4n) is 1.51. The molecule has 0 bridgehead atoms. The molecule has 0 saturated heterocycles. The van der Waals surface area contributed by atoms with E-state index in [4.69, 9.17) is 20.4 Å². The summed E-state index contributed by atoms with van der Waals surface area (Å²) in [7, 11) is 0. The third-order valence-electron chi connectivity index (χ3n) is 2.94. The molecule has 0 radical (unpaired) electrons. The van der Waals surface area contributed by atoms with Crippen molar-refractivity contribution in [2.24, 2.45) is 5.92 Å². The summed E-state index contributed by atoms with van der Waals surface area (Å²) in [5.41, 5.74) is 0.662. The van der Waals surface area contributed by atoms with E-state index in [-0.39, 0.29) is 6.42 Å². The largest absolute Gasteiger partial charge is 0.481 e. The van der Waals surface area contributed by atoms with Gasteiger partial charge in [-0.15, -0.1) is 0 Å². The van der Waals surface area contributed by atoms with Crippen molar-refractivity contribution in [1.82, 2.24) is 0 Å². The lowest BCUT2D eigenvalue weighted by Gasteiger charge is -1.98. The van der Waals surface area contributed by atoms with E-state index in [0.717, 1.165) is 0 Å². The number of carboxylic acid groups (broad SMARTS) is 4. The van der Waals surface area contributed by atoms with Gasteiger partial charge in [0.15, 0.2) is 0 Å². The van der Waals surface area contributed by atoms with Crippen LogP contribution < -0.4 is 0 Å². The molecule has 0 heterocycles. The van der Waals surface area contributed by atoms with Gasteiger partial charge in [-0.3, -0.25) is 9.59 Å². The average Bonchev–Trinajstić information content (AvgIpc) is 2.63. The Hall–Kier alpha value is -3.68. The maximum atomic E-state index is 10.2. The highest BCUT2D eigenvalue weighted by atomic mass is 16.4. The second-order valence-corrected chi connectivity index (χ2v) is 5.18. The van der Waals surface area contributed by atoms with E-state index in [0.29, 0.717) is 11.1 Å². The third kappa shape index (κ3) is 11.5. The van der Waals surface area contributed by atoms with E-state index < -0.39 is 29.8 Å². The lowest BCUT2D eigenvalue weighted by molar-refractivity contribution is -0.147. The van der Waals surface area contributed by atoms with Gasteiger partial charge in [0.05, 0.1) is 23.5 Å². The van der Waals surface area contributed by atoms with Crippen LogP contribution >= 0.6 is 0 Å². The number of aromatic carboxylic acids is 2. The van der Waals surface area contributed by atoms with E-state index in [9.17, 15) is 19.2 Å². The van der Waals surface area contributed by atoms with E-state index in [1.165, 1.54) is 6.92 Å². The number of carboxylic acids is 4. The van der Waals surface area contributed by atoms with Crippen LogP contribution in [0.4, 0.5) is 0 Å². The standard InChI is InChI=1S/2C7H6O2.C5H8O4/c2*8-7(9)6-4-2-1-3-5-6;1-3(5(8)9)2-4(6)7/h2*1-5H,(H,8,9);3H,2H2,1H3,(H,6,7)(H,8,9). The Bertz CT molecular complexity index is 691. The Labute approximate surface area is 155 Å². The fourth-order valence-corrected chi connectivity index (χ4v) is 1.51. The first-order chi connectivity index (χ1) is 12.6. The molecular formula is C19H20O8. The molecule has 0 spiro atoms. The van der Waals surface area contributed by atoms with Crippen LogP contribution in [0.25, 0.3) is 0 Å². The van der Waals surface area contributed by atoms with Gasteiger partial charge in [-0.05, 0) is 24.3 Å². The van der Waals surface area contributed by atoms with Crippen LogP contribution in [-0.2, 0) is 9.59 Å². The van der Waals surface area contributed by atoms with Crippen LogP contribution in [-0.4, -0.2) is 44.3 Å². The summed E-state index contributed by atoms with van der Waals surface area (Å²) in [6.45, 7) is 1.36. The van der Waals surface area contributed by atoms with Crippen LogP contribution in [0.1, 0.15) is 34.1 Å². The molecule has 4 N–H and O–H groups in total. The van der Waals surface area contributed by atoms with Gasteiger partial charge in [-0.1, -0.05) is 43.3 Å². The van der Waals surface area contributed by atoms with Crippen molar-refractivity contribution in [2.45, 2.75) is 13.3 Å². The zero-order valence-corrected chi connectivity index (χ0v) is 14.5. The second-order valence-electron chi connectivity index (χ2n) is 5.18. The number of benzene rings is 2. The average molecular weight is 376 g/mol. The minimum absolute atomic E-state index is 0.310. The van der Waals surface area contributed by atoms with Crippen LogP contribution in [0, 0.1) is 5.92 Å². The highest BCUT2D eigenvalue weighted by molar-refractivity contribution is 5.87. The summed E-state index contributed by atoms with van der Waals surface area (Å²) in [5.74, 6) is -4.70. The molecule has 0 fully saturated rings. The summed E-state index contributed by atoms with van der Waals surface area (Å²) < 4.78 is 0. The predicted molar refractivity (Wildman–Crippen MR) is 95.9 cm³/mol. The number of aliphatic carboxylic acids is 2. The zero-order chi connectivity index (χ0) is 20.8. The molecule has 27 heavy (non-hydrogen) atoms. The summed E-state index contributed by atoms with van der Waals surface area (Å²) >= 11 is 0. The summed E-state index contributed by atoms with van der Waals surface area (Å²) in [4.78, 5) is 40.2. The highest BCUT2D eigenvalue weighted by Gasteiger charge is 2.13. The Morgan fingerprint density at radius 1 is 0.704 bits per heavy atom. The molecule has 0 aliphatic heterocycles. The van der Waals surface area contributed by atoms with Gasteiger partial charge >= 0.3 is 23.9 Å². The molecule has 1 atom stereocenters. The highest BCUT2D eigenvalue weighted by Crippen LogP contribution is 2.00. The van der Waals surface area contributed by atoms with Crippen LogP contribution in [0.15, 0.2) is 60.7 Å². The van der Waals surface area contributed by atoms with Crippen molar-refractivity contribution in [3.8, 4) is 0 Å². The first kappa shape index (κ1) is 23.3. The maximum Gasteiger partial charge on any atom is 0.335 e. The van der Waals surface area contributed by atoms with Gasteiger partial charge in [-0.2, -0.15) is 0 Å². The van der Waals surface area contributed by atoms with Crippen molar-refractivity contribution < 1.29 is 39.6 Å². The van der Waals surface area contributed by atoms with Crippen molar-refractivity contribution in [3.63, 3.8) is 0 Å². The van der Waals surface area contributed by atoms with Crippen molar-refractivity contribution in [1.29, 1.82) is 0 Å². The molecule has 0 aliphatic rings. The third-order valence-corrected chi connectivity index (χ3v) is 2.94. The maximum absolute atomic E-state index is 10.2. The number of hydrogen-bond donors (Lipinski definition) is 4. The second kappa shape index (κ2) is 12.6. The van der Waals surface area contributed by atoms with Crippen molar-refractivity contribution >= 4 is 23.9 Å². The van der Waals surface area contributed by atoms with Crippen LogP contribution in [0.5, 0.6) is 0 Å². The molecule has 2 aromatic carbocycles. The summed E-state index contributed by atoms with van der Waals surface area (Å²) in [6, 6.07) is 16.6. The number of hydrogen-bond acceptors (Lipinski definition) is 4. The Morgan fingerprint density at radius 2 is 1.04 bits per heavy atom. The molecule has 1 unspecified atom stereocenters. The molecule has 0 amide bonds. The zero-order valence-electron chi connectivity index (χ0n) is 14.5. The van der Waals surface area contributed by atoms with Crippen molar-refractivity contribution in [3.05, 3.63) is 71.8 Å². The number of carbonyl (C=O) groups is 4. The van der Waals surface area contributed by atoms with Crippen LogP contribution in [0.2, 0.25) is 0 Å². The molecule has 0 saturated carbocycles. The van der Waals surface area contributed by atoms with Crippen LogP contribution in [0.3, 0.4) is 0 Å². The normalized spacial score (nSPS) is 10.1. The first-order valence-corrected chi connectivity index (χ1v) is 7.66. The molecule has 8 nitrogen and oxygen atoms in total. The van der Waals surface area contributed by atoms with Gasteiger partial charge in [0.1, 0.15) is 0 Å². The molecule has 144 valence electrons. The summed E-state index contributed by atoms with van der Waals surface area (Å²) in [5, 5.41) is 33.0. The van der Waals surface area contributed by atoms with Gasteiger partial charge in [0.2, 0.25) is 0 Å². The number of rotatable bonds is 5. The fraction of sp³-hybridized carbons (Fsp3) is 0.158. The Balaban J connectivity index is 0.000000376. The predicted octanol–water partition coefficient (Wildman–Crippen LogP) is 2.95. The lowest BCUT2D eigenvalue weighted by atomic mass is 10.1. The monoisotopic (exact) mass is 376 g/mol. The summed E-state index contributed by atoms with van der Waals surface area (Å²) in [6.07, 6.45) is -0.310. The Kier molecular flexibility index (Phi) is 10.9. The molecule has 8 heteroatoms. The molecule has 2 rings (SSSR count). The lowest BCUT2D eigenvalue weighted by Crippen LogP contribution is -2.13. The van der Waals surface area contributed by atoms with E-state index >= 15 is 0 Å². The van der Waals surface area contributed by atoms with Gasteiger partial charge in [-0.25, -0.2) is 9.59 Å². The molecular weight excluding hydrogens is 356 g/mol. The van der Waals surface area contributed by atoms with Gasteiger partial charge < -0.3 is 20.4 Å². The Morgan fingerprint density at radius 3 is 1.19 bits per heavy atom. The first-order valence-electron chi connectivity index (χ1n) is 7.66. The molecule has 0 aliphatic carbocycles. The van der Waals surface area contributed by atoms with Gasteiger partial charge in [0, 0.05) is 0 Å². The van der Waals surface area contributed by atoms with E-state index in [2.05, 4.69) is 0 Å². The minimum Gasteiger partial charge on any atom is -0.481 e.